The molecule has 0 aromatic carbocycles. The zero-order chi connectivity index (χ0) is 12.4. The zero-order valence-electron chi connectivity index (χ0n) is 9.23. The molecule has 7 heteroatoms. The summed E-state index contributed by atoms with van der Waals surface area (Å²) in [5, 5.41) is 4.84. The smallest absolute Gasteiger partial charge is 0.246 e. The summed E-state index contributed by atoms with van der Waals surface area (Å²) >= 11 is 1.47. The van der Waals surface area contributed by atoms with Gasteiger partial charge in [-0.3, -0.25) is 19.7 Å². The average molecular weight is 253 g/mol. The molecule has 1 aliphatic heterocycles. The van der Waals surface area contributed by atoms with E-state index in [4.69, 9.17) is 0 Å². The van der Waals surface area contributed by atoms with E-state index in [1.165, 1.54) is 16.2 Å². The van der Waals surface area contributed by atoms with Gasteiger partial charge in [0.25, 0.3) is 0 Å². The van der Waals surface area contributed by atoms with Crippen LogP contribution in [0.4, 0.5) is 0 Å². The van der Waals surface area contributed by atoms with Gasteiger partial charge in [-0.1, -0.05) is 0 Å². The lowest BCUT2D eigenvalue weighted by Gasteiger charge is -2.25. The third kappa shape index (κ3) is 2.88. The molecule has 17 heavy (non-hydrogen) atoms. The molecule has 90 valence electrons. The molecule has 2 heterocycles. The van der Waals surface area contributed by atoms with Crippen LogP contribution in [0.2, 0.25) is 0 Å². The highest BCUT2D eigenvalue weighted by Crippen LogP contribution is 2.10. The Morgan fingerprint density at radius 2 is 2.12 bits per heavy atom. The second-order valence-electron chi connectivity index (χ2n) is 3.76. The highest BCUT2D eigenvalue weighted by Gasteiger charge is 2.26. The predicted molar refractivity (Wildman–Crippen MR) is 60.3 cm³/mol. The lowest BCUT2D eigenvalue weighted by atomic mass is 10.2. The number of imide groups is 1. The number of hydrogen-bond donors (Lipinski definition) is 1. The molecular formula is C10H11N3O3S. The van der Waals surface area contributed by atoms with Crippen LogP contribution in [0.5, 0.6) is 0 Å². The normalized spacial score (nSPS) is 15.9. The summed E-state index contributed by atoms with van der Waals surface area (Å²) in [5.41, 5.74) is 0.677. The summed E-state index contributed by atoms with van der Waals surface area (Å²) < 4.78 is 0. The predicted octanol–water partition coefficient (Wildman–Crippen LogP) is -0.521. The van der Waals surface area contributed by atoms with Crippen LogP contribution in [0.1, 0.15) is 10.7 Å². The lowest BCUT2D eigenvalue weighted by molar-refractivity contribution is -0.145. The molecular weight excluding hydrogens is 242 g/mol. The molecule has 1 aliphatic rings. The van der Waals surface area contributed by atoms with Gasteiger partial charge in [0.15, 0.2) is 0 Å². The summed E-state index contributed by atoms with van der Waals surface area (Å²) in [6.45, 7) is 1.73. The average Bonchev–Trinajstić information content (AvgIpc) is 2.62. The number of carbonyl (C=O) groups excluding carboxylic acids is 3. The molecule has 0 aliphatic carbocycles. The number of aryl methyl sites for hydroxylation is 1. The van der Waals surface area contributed by atoms with Crippen molar-refractivity contribution < 1.29 is 14.4 Å². The maximum atomic E-state index is 11.8. The van der Waals surface area contributed by atoms with Crippen LogP contribution in [-0.4, -0.2) is 40.7 Å². The molecule has 0 radical (unpaired) electrons. The van der Waals surface area contributed by atoms with E-state index in [9.17, 15) is 14.4 Å². The zero-order valence-corrected chi connectivity index (χ0v) is 10.0. The Bertz CT molecular complexity index is 467. The van der Waals surface area contributed by atoms with Crippen LogP contribution in [0.3, 0.4) is 0 Å². The molecule has 0 atom stereocenters. The van der Waals surface area contributed by atoms with Gasteiger partial charge in [0.1, 0.15) is 13.1 Å². The Morgan fingerprint density at radius 3 is 2.65 bits per heavy atom. The number of nitrogens with one attached hydrogen (secondary N) is 1. The maximum absolute atomic E-state index is 11.8. The van der Waals surface area contributed by atoms with Gasteiger partial charge in [0.2, 0.25) is 17.7 Å². The van der Waals surface area contributed by atoms with E-state index in [-0.39, 0.29) is 25.4 Å². The number of hydrogen-bond acceptors (Lipinski definition) is 5. The molecule has 6 nitrogen and oxygen atoms in total. The van der Waals surface area contributed by atoms with Crippen LogP contribution in [0.25, 0.3) is 0 Å². The molecule has 0 saturated carbocycles. The molecule has 0 unspecified atom stereocenters. The van der Waals surface area contributed by atoms with Gasteiger partial charge in [-0.05, 0) is 6.92 Å². The van der Waals surface area contributed by atoms with E-state index in [0.717, 1.165) is 5.01 Å². The van der Waals surface area contributed by atoms with Crippen molar-refractivity contribution in [1.82, 2.24) is 15.2 Å². The fraction of sp³-hybridized carbons (Fsp3) is 0.400. The third-order valence-corrected chi connectivity index (χ3v) is 3.12. The van der Waals surface area contributed by atoms with Gasteiger partial charge in [0, 0.05) is 5.38 Å². The summed E-state index contributed by atoms with van der Waals surface area (Å²) in [7, 11) is 0. The molecule has 1 saturated heterocycles. The number of aromatic nitrogens is 1. The Balaban J connectivity index is 2.00. The number of amides is 3. The van der Waals surface area contributed by atoms with Crippen molar-refractivity contribution in [1.29, 1.82) is 0 Å². The molecule has 0 bridgehead atoms. The topological polar surface area (TPSA) is 79.4 Å². The number of carbonyl (C=O) groups is 3. The largest absolute Gasteiger partial charge is 0.324 e. The minimum atomic E-state index is -0.441. The van der Waals surface area contributed by atoms with Gasteiger partial charge < -0.3 is 4.90 Å². The lowest BCUT2D eigenvalue weighted by Crippen LogP contribution is -2.53. The van der Waals surface area contributed by atoms with Crippen molar-refractivity contribution in [2.24, 2.45) is 0 Å². The van der Waals surface area contributed by atoms with Gasteiger partial charge in [-0.15, -0.1) is 11.3 Å². The van der Waals surface area contributed by atoms with Crippen molar-refractivity contribution >= 4 is 29.1 Å². The first-order valence-corrected chi connectivity index (χ1v) is 5.94. The SMILES string of the molecule is Cc1nc(CC(=O)N2CC(=O)NC(=O)C2)cs1. The van der Waals surface area contributed by atoms with Crippen LogP contribution >= 0.6 is 11.3 Å². The summed E-state index contributed by atoms with van der Waals surface area (Å²) in [5.74, 6) is -1.13. The van der Waals surface area contributed by atoms with Crippen molar-refractivity contribution in [2.75, 3.05) is 13.1 Å². The minimum absolute atomic E-state index is 0.0618. The fourth-order valence-electron chi connectivity index (χ4n) is 1.57. The van der Waals surface area contributed by atoms with E-state index in [1.807, 2.05) is 6.92 Å². The highest BCUT2D eigenvalue weighted by atomic mass is 32.1. The number of piperazine rings is 1. The third-order valence-electron chi connectivity index (χ3n) is 2.30. The van der Waals surface area contributed by atoms with Crippen LogP contribution < -0.4 is 5.32 Å². The monoisotopic (exact) mass is 253 g/mol. The standard InChI is InChI=1S/C10H11N3O3S/c1-6-11-7(5-17-6)2-10(16)13-3-8(14)12-9(15)4-13/h5H,2-4H2,1H3,(H,12,14,15). The Morgan fingerprint density at radius 1 is 1.47 bits per heavy atom. The van der Waals surface area contributed by atoms with E-state index in [2.05, 4.69) is 10.3 Å². The minimum Gasteiger partial charge on any atom is -0.324 e. The fourth-order valence-corrected chi connectivity index (χ4v) is 2.18. The molecule has 2 rings (SSSR count). The van der Waals surface area contributed by atoms with Crippen molar-refractivity contribution in [2.45, 2.75) is 13.3 Å². The Labute approximate surface area is 102 Å². The first-order valence-electron chi connectivity index (χ1n) is 5.06. The Hall–Kier alpha value is -1.76. The van der Waals surface area contributed by atoms with Crippen molar-refractivity contribution in [3.05, 3.63) is 16.1 Å². The van der Waals surface area contributed by atoms with Crippen LogP contribution in [-0.2, 0) is 20.8 Å². The quantitative estimate of drug-likeness (QED) is 0.719. The summed E-state index contributed by atoms with van der Waals surface area (Å²) in [6, 6.07) is 0. The Kier molecular flexibility index (Phi) is 3.19. The summed E-state index contributed by atoms with van der Waals surface area (Å²) in [4.78, 5) is 39.5. The highest BCUT2D eigenvalue weighted by molar-refractivity contribution is 7.09. The summed E-state index contributed by atoms with van der Waals surface area (Å²) in [6.07, 6.45) is 0.130. The van der Waals surface area contributed by atoms with Crippen LogP contribution in [0, 0.1) is 6.92 Å². The van der Waals surface area contributed by atoms with Crippen molar-refractivity contribution in [3.8, 4) is 0 Å². The van der Waals surface area contributed by atoms with E-state index in [1.54, 1.807) is 5.38 Å². The first-order chi connectivity index (χ1) is 8.04. The number of thiazole rings is 1. The second kappa shape index (κ2) is 4.62. The van der Waals surface area contributed by atoms with E-state index >= 15 is 0 Å². The van der Waals surface area contributed by atoms with E-state index < -0.39 is 11.8 Å². The second-order valence-corrected chi connectivity index (χ2v) is 4.82. The maximum Gasteiger partial charge on any atom is 0.246 e. The van der Waals surface area contributed by atoms with Gasteiger partial charge >= 0.3 is 0 Å². The van der Waals surface area contributed by atoms with E-state index in [0.29, 0.717) is 5.69 Å². The molecule has 0 spiro atoms. The number of rotatable bonds is 2. The molecule has 1 N–H and O–H groups in total. The molecule has 1 aromatic heterocycles. The van der Waals surface area contributed by atoms with Gasteiger partial charge in [-0.2, -0.15) is 0 Å². The molecule has 1 aromatic rings. The molecule has 3 amide bonds. The first kappa shape index (κ1) is 11.7. The molecule has 1 fully saturated rings. The van der Waals surface area contributed by atoms with Gasteiger partial charge in [0.05, 0.1) is 17.1 Å². The number of nitrogens with zero attached hydrogens (tertiary/aromatic N) is 2. The van der Waals surface area contributed by atoms with Crippen molar-refractivity contribution in [3.63, 3.8) is 0 Å². The van der Waals surface area contributed by atoms with Crippen LogP contribution in [0.15, 0.2) is 5.38 Å². The van der Waals surface area contributed by atoms with Gasteiger partial charge in [-0.25, -0.2) is 4.98 Å².